The van der Waals surface area contributed by atoms with Crippen molar-refractivity contribution in [1.29, 1.82) is 0 Å². The Balaban J connectivity index is 1.66. The van der Waals surface area contributed by atoms with E-state index in [1.165, 1.54) is 33.2 Å². The van der Waals surface area contributed by atoms with Gasteiger partial charge in [-0.05, 0) is 67.4 Å². The molecule has 0 amide bonds. The Kier molecular flexibility index (Phi) is 6.38. The topological polar surface area (TPSA) is 20.2 Å². The van der Waals surface area contributed by atoms with Crippen molar-refractivity contribution in [3.05, 3.63) is 101 Å². The van der Waals surface area contributed by atoms with E-state index in [-0.39, 0.29) is 0 Å². The Hall–Kier alpha value is -3.11. The van der Waals surface area contributed by atoms with E-state index in [0.29, 0.717) is 0 Å². The minimum absolute atomic E-state index is 0.742. The van der Waals surface area contributed by atoms with Crippen LogP contribution in [0, 0.1) is 13.8 Å². The summed E-state index contributed by atoms with van der Waals surface area (Å²) in [6, 6.07) is 25.6. The molecule has 0 saturated heterocycles. The minimum atomic E-state index is 0.742. The third kappa shape index (κ3) is 4.80. The smallest absolute Gasteiger partial charge is 0.174 e. The third-order valence-corrected chi connectivity index (χ3v) is 6.07. The summed E-state index contributed by atoms with van der Waals surface area (Å²) in [5, 5.41) is 5.54. The van der Waals surface area contributed by atoms with Crippen molar-refractivity contribution < 1.29 is 0 Å². The molecule has 0 aliphatic heterocycles. The highest BCUT2D eigenvalue weighted by Gasteiger charge is 2.16. The number of benzene rings is 3. The van der Waals surface area contributed by atoms with Crippen molar-refractivity contribution in [3.8, 4) is 0 Å². The highest BCUT2D eigenvalue weighted by molar-refractivity contribution is 7.80. The maximum Gasteiger partial charge on any atom is 0.174 e. The van der Waals surface area contributed by atoms with E-state index >= 15 is 0 Å². The molecule has 158 valence electrons. The van der Waals surface area contributed by atoms with Crippen molar-refractivity contribution in [2.45, 2.75) is 40.4 Å². The number of hydrogen-bond acceptors (Lipinski definition) is 1. The van der Waals surface area contributed by atoms with E-state index in [1.807, 2.05) is 0 Å². The molecule has 0 atom stereocenters. The van der Waals surface area contributed by atoms with E-state index in [1.54, 1.807) is 0 Å². The van der Waals surface area contributed by atoms with Crippen molar-refractivity contribution in [1.82, 2.24) is 9.47 Å². The molecule has 0 aliphatic carbocycles. The number of nitrogens with zero attached hydrogens (tertiary/aromatic N) is 2. The minimum Gasteiger partial charge on any atom is -0.347 e. The largest absolute Gasteiger partial charge is 0.347 e. The lowest BCUT2D eigenvalue weighted by molar-refractivity contribution is 0.414. The van der Waals surface area contributed by atoms with Gasteiger partial charge in [0.25, 0.3) is 0 Å². The Labute approximate surface area is 190 Å². The Morgan fingerprint density at radius 3 is 2.45 bits per heavy atom. The number of aromatic nitrogens is 1. The molecule has 0 radical (unpaired) electrons. The number of thiocarbonyl (C=S) groups is 1. The van der Waals surface area contributed by atoms with Gasteiger partial charge in [-0.2, -0.15) is 0 Å². The normalized spacial score (nSPS) is 10.9. The SMILES string of the molecule is CCn1cc(CN(Cc2ccccc2)C(=S)Nc2cc(C)ccc2C)c2ccccc21. The number of anilines is 1. The van der Waals surface area contributed by atoms with Gasteiger partial charge in [0.15, 0.2) is 5.11 Å². The quantitative estimate of drug-likeness (QED) is 0.347. The monoisotopic (exact) mass is 427 g/mol. The molecule has 4 aromatic rings. The summed E-state index contributed by atoms with van der Waals surface area (Å²) in [6.07, 6.45) is 2.27. The van der Waals surface area contributed by atoms with Crippen molar-refractivity contribution in [3.63, 3.8) is 0 Å². The number of aryl methyl sites for hydroxylation is 3. The predicted molar refractivity (Wildman–Crippen MR) is 135 cm³/mol. The first kappa shape index (κ1) is 21.1. The molecule has 4 heteroatoms. The first-order chi connectivity index (χ1) is 15.0. The molecular formula is C27H29N3S. The maximum atomic E-state index is 5.92. The maximum absolute atomic E-state index is 5.92. The summed E-state index contributed by atoms with van der Waals surface area (Å²) in [4.78, 5) is 2.26. The molecule has 3 nitrogen and oxygen atoms in total. The fraction of sp³-hybridized carbons (Fsp3) is 0.222. The van der Waals surface area contributed by atoms with E-state index in [4.69, 9.17) is 12.2 Å². The van der Waals surface area contributed by atoms with Crippen LogP contribution in [0.5, 0.6) is 0 Å². The standard InChI is InChI=1S/C27H29N3S/c1-4-29-18-23(24-12-8-9-13-26(24)29)19-30(17-22-10-6-5-7-11-22)27(31)28-25-16-20(2)14-15-21(25)3/h5-16,18H,4,17,19H2,1-3H3,(H,28,31). The van der Waals surface area contributed by atoms with Crippen molar-refractivity contribution in [2.75, 3.05) is 5.32 Å². The summed E-state index contributed by atoms with van der Waals surface area (Å²) in [6.45, 7) is 8.85. The summed E-state index contributed by atoms with van der Waals surface area (Å²) < 4.78 is 2.31. The van der Waals surface area contributed by atoms with Crippen molar-refractivity contribution in [2.24, 2.45) is 0 Å². The number of hydrogen-bond donors (Lipinski definition) is 1. The van der Waals surface area contributed by atoms with Gasteiger partial charge in [0.05, 0.1) is 0 Å². The number of nitrogens with one attached hydrogen (secondary N) is 1. The van der Waals surface area contributed by atoms with Crippen LogP contribution in [0.15, 0.2) is 79.0 Å². The van der Waals surface area contributed by atoms with Gasteiger partial charge in [0.2, 0.25) is 0 Å². The van der Waals surface area contributed by atoms with Crippen LogP contribution in [-0.2, 0) is 19.6 Å². The molecule has 0 unspecified atom stereocenters. The Morgan fingerprint density at radius 2 is 1.68 bits per heavy atom. The molecule has 4 rings (SSSR count). The molecular weight excluding hydrogens is 398 g/mol. The lowest BCUT2D eigenvalue weighted by Crippen LogP contribution is -2.34. The van der Waals surface area contributed by atoms with Crippen LogP contribution in [-0.4, -0.2) is 14.6 Å². The number of fused-ring (bicyclic) bond motifs is 1. The second-order valence-corrected chi connectivity index (χ2v) is 8.43. The average Bonchev–Trinajstić information content (AvgIpc) is 3.14. The first-order valence-electron chi connectivity index (χ1n) is 10.8. The van der Waals surface area contributed by atoms with Gasteiger partial charge >= 0.3 is 0 Å². The lowest BCUT2D eigenvalue weighted by Gasteiger charge is -2.26. The van der Waals surface area contributed by atoms with E-state index < -0.39 is 0 Å². The first-order valence-corrected chi connectivity index (χ1v) is 11.2. The fourth-order valence-corrected chi connectivity index (χ4v) is 4.22. The van der Waals surface area contributed by atoms with Gasteiger partial charge in [-0.1, -0.05) is 60.7 Å². The van der Waals surface area contributed by atoms with Crippen LogP contribution in [0.3, 0.4) is 0 Å². The van der Waals surface area contributed by atoms with Gasteiger partial charge in [-0.15, -0.1) is 0 Å². The highest BCUT2D eigenvalue weighted by atomic mass is 32.1. The van der Waals surface area contributed by atoms with Crippen molar-refractivity contribution >= 4 is 33.9 Å². The average molecular weight is 428 g/mol. The van der Waals surface area contributed by atoms with Crippen LogP contribution < -0.4 is 5.32 Å². The second kappa shape index (κ2) is 9.36. The number of para-hydroxylation sites is 1. The van der Waals surface area contributed by atoms with E-state index in [2.05, 4.69) is 115 Å². The zero-order valence-corrected chi connectivity index (χ0v) is 19.2. The van der Waals surface area contributed by atoms with Crippen LogP contribution in [0.4, 0.5) is 5.69 Å². The molecule has 1 aromatic heterocycles. The van der Waals surface area contributed by atoms with Crippen LogP contribution in [0.1, 0.15) is 29.2 Å². The van der Waals surface area contributed by atoms with Crippen LogP contribution in [0.2, 0.25) is 0 Å². The summed E-state index contributed by atoms with van der Waals surface area (Å²) in [5.74, 6) is 0. The van der Waals surface area contributed by atoms with E-state index in [9.17, 15) is 0 Å². The Morgan fingerprint density at radius 1 is 0.935 bits per heavy atom. The Bertz CT molecular complexity index is 1190. The highest BCUT2D eigenvalue weighted by Crippen LogP contribution is 2.24. The zero-order chi connectivity index (χ0) is 21.8. The molecule has 3 aromatic carbocycles. The van der Waals surface area contributed by atoms with Gasteiger partial charge in [0, 0.05) is 42.4 Å². The molecule has 0 spiro atoms. The van der Waals surface area contributed by atoms with Gasteiger partial charge in [0.1, 0.15) is 0 Å². The molecule has 0 bridgehead atoms. The summed E-state index contributed by atoms with van der Waals surface area (Å²) >= 11 is 5.92. The molecule has 0 aliphatic rings. The van der Waals surface area contributed by atoms with Gasteiger partial charge < -0.3 is 14.8 Å². The summed E-state index contributed by atoms with van der Waals surface area (Å²) in [5.41, 5.74) is 7.28. The number of rotatable bonds is 6. The van der Waals surface area contributed by atoms with Gasteiger partial charge in [-0.3, -0.25) is 0 Å². The molecule has 31 heavy (non-hydrogen) atoms. The fourth-order valence-electron chi connectivity index (χ4n) is 3.98. The third-order valence-electron chi connectivity index (χ3n) is 5.71. The molecule has 0 saturated carbocycles. The van der Waals surface area contributed by atoms with Gasteiger partial charge in [-0.25, -0.2) is 0 Å². The molecule has 0 fully saturated rings. The second-order valence-electron chi connectivity index (χ2n) is 8.05. The molecule has 1 N–H and O–H groups in total. The molecule has 1 heterocycles. The summed E-state index contributed by atoms with van der Waals surface area (Å²) in [7, 11) is 0. The predicted octanol–water partition coefficient (Wildman–Crippen LogP) is 6.68. The van der Waals surface area contributed by atoms with E-state index in [0.717, 1.165) is 30.4 Å². The zero-order valence-electron chi connectivity index (χ0n) is 18.4. The van der Waals surface area contributed by atoms with Crippen LogP contribution >= 0.6 is 12.2 Å². The van der Waals surface area contributed by atoms with Crippen LogP contribution in [0.25, 0.3) is 10.9 Å². The lowest BCUT2D eigenvalue weighted by atomic mass is 10.1.